The Kier molecular flexibility index (Phi) is 4.43. The minimum Gasteiger partial charge on any atom is -0.459 e. The average molecular weight is 383 g/mol. The Balaban J connectivity index is 1.71. The summed E-state index contributed by atoms with van der Waals surface area (Å²) in [5, 5.41) is 13.6. The summed E-state index contributed by atoms with van der Waals surface area (Å²) >= 11 is 1.51. The molecule has 0 bridgehead atoms. The molecular weight excluding hydrogens is 362 g/mol. The van der Waals surface area contributed by atoms with Gasteiger partial charge in [-0.05, 0) is 37.6 Å². The minimum atomic E-state index is -3.81. The number of ether oxygens (including phenoxy) is 1. The molecule has 0 atom stereocenters. The van der Waals surface area contributed by atoms with Gasteiger partial charge in [0.2, 0.25) is 10.0 Å². The highest BCUT2D eigenvalue weighted by molar-refractivity contribution is 7.89. The summed E-state index contributed by atoms with van der Waals surface area (Å²) in [4.78, 5) is 11.8. The molecule has 1 N–H and O–H groups in total. The molecule has 0 unspecified atom stereocenters. The lowest BCUT2D eigenvalue weighted by Crippen LogP contribution is -2.61. The first kappa shape index (κ1) is 18.3. The van der Waals surface area contributed by atoms with E-state index in [0.29, 0.717) is 0 Å². The van der Waals surface area contributed by atoms with E-state index < -0.39 is 32.9 Å². The van der Waals surface area contributed by atoms with Gasteiger partial charge >= 0.3 is 5.97 Å². The fourth-order valence-electron chi connectivity index (χ4n) is 2.85. The predicted octanol–water partition coefficient (Wildman–Crippen LogP) is 2.08. The minimum absolute atomic E-state index is 0.0567. The van der Waals surface area contributed by atoms with Gasteiger partial charge in [-0.25, -0.2) is 8.42 Å². The number of aliphatic hydroxyl groups is 1. The van der Waals surface area contributed by atoms with E-state index in [4.69, 9.17) is 4.74 Å². The molecule has 25 heavy (non-hydrogen) atoms. The fourth-order valence-corrected chi connectivity index (χ4v) is 5.27. The van der Waals surface area contributed by atoms with Crippen molar-refractivity contribution in [3.8, 4) is 0 Å². The van der Waals surface area contributed by atoms with Gasteiger partial charge in [-0.1, -0.05) is 18.2 Å². The van der Waals surface area contributed by atoms with Gasteiger partial charge in [0, 0.05) is 23.4 Å². The van der Waals surface area contributed by atoms with Crippen LogP contribution in [-0.4, -0.2) is 48.2 Å². The third-order valence-electron chi connectivity index (χ3n) is 3.97. The van der Waals surface area contributed by atoms with Gasteiger partial charge in [0.25, 0.3) is 0 Å². The van der Waals surface area contributed by atoms with Crippen LogP contribution in [0.2, 0.25) is 0 Å². The topological polar surface area (TPSA) is 83.9 Å². The van der Waals surface area contributed by atoms with E-state index in [2.05, 4.69) is 0 Å². The van der Waals surface area contributed by atoms with E-state index in [0.717, 1.165) is 20.0 Å². The molecule has 0 saturated carbocycles. The number of carbonyl (C=O) groups excluding carboxylic acids is 1. The molecule has 0 aliphatic carbocycles. The van der Waals surface area contributed by atoms with Gasteiger partial charge in [-0.2, -0.15) is 4.31 Å². The maximum atomic E-state index is 12.3. The van der Waals surface area contributed by atoms with Crippen molar-refractivity contribution in [2.75, 3.05) is 18.8 Å². The zero-order valence-corrected chi connectivity index (χ0v) is 16.0. The number of carbonyl (C=O) groups is 1. The highest BCUT2D eigenvalue weighted by atomic mass is 32.2. The molecule has 2 aromatic rings. The summed E-state index contributed by atoms with van der Waals surface area (Å²) in [5.41, 5.74) is -1.23. The predicted molar refractivity (Wildman–Crippen MR) is 96.9 cm³/mol. The van der Waals surface area contributed by atoms with E-state index >= 15 is 0 Å². The van der Waals surface area contributed by atoms with E-state index in [1.807, 2.05) is 29.6 Å². The number of esters is 1. The molecular formula is C17H21NO5S2. The number of sulfonamides is 1. The largest absolute Gasteiger partial charge is 0.459 e. The number of benzene rings is 1. The van der Waals surface area contributed by atoms with Crippen molar-refractivity contribution in [2.45, 2.75) is 32.0 Å². The first-order chi connectivity index (χ1) is 11.5. The molecule has 1 aromatic carbocycles. The number of thiophene rings is 1. The third kappa shape index (κ3) is 3.72. The van der Waals surface area contributed by atoms with Crippen molar-refractivity contribution in [1.29, 1.82) is 0 Å². The lowest BCUT2D eigenvalue weighted by molar-refractivity contribution is -0.151. The van der Waals surface area contributed by atoms with Crippen LogP contribution in [0.5, 0.6) is 0 Å². The maximum Gasteiger partial charge on any atom is 0.323 e. The van der Waals surface area contributed by atoms with Crippen LogP contribution >= 0.6 is 11.3 Å². The number of hydrogen-bond acceptors (Lipinski definition) is 6. The standard InChI is InChI=1S/C17H21NO5S2/c1-16(2,3)23-15(19)9-25(21,22)18-10-17(20,11-18)13-8-24-14-7-5-4-6-12(13)14/h4-8,20H,9-11H2,1-3H3. The average Bonchev–Trinajstić information content (AvgIpc) is 2.85. The highest BCUT2D eigenvalue weighted by Gasteiger charge is 2.49. The van der Waals surface area contributed by atoms with Crippen LogP contribution in [0, 0.1) is 0 Å². The Hall–Kier alpha value is -1.48. The van der Waals surface area contributed by atoms with Gasteiger partial charge in [-0.15, -0.1) is 11.3 Å². The van der Waals surface area contributed by atoms with E-state index in [1.165, 1.54) is 11.3 Å². The van der Waals surface area contributed by atoms with Crippen molar-refractivity contribution >= 4 is 37.4 Å². The maximum absolute atomic E-state index is 12.3. The molecule has 2 heterocycles. The van der Waals surface area contributed by atoms with Crippen LogP contribution in [0.1, 0.15) is 26.3 Å². The normalized spacial score (nSPS) is 18.1. The monoisotopic (exact) mass is 383 g/mol. The SMILES string of the molecule is CC(C)(C)OC(=O)CS(=O)(=O)N1CC(O)(c2csc3ccccc23)C1. The molecule has 6 nitrogen and oxygen atoms in total. The molecule has 8 heteroatoms. The first-order valence-electron chi connectivity index (χ1n) is 7.89. The second kappa shape index (κ2) is 6.05. The quantitative estimate of drug-likeness (QED) is 0.817. The molecule has 0 amide bonds. The van der Waals surface area contributed by atoms with Crippen molar-refractivity contribution in [3.63, 3.8) is 0 Å². The Morgan fingerprint density at radius 2 is 1.96 bits per heavy atom. The third-order valence-corrected chi connectivity index (χ3v) is 6.58. The number of hydrogen-bond donors (Lipinski definition) is 1. The Morgan fingerprint density at radius 1 is 1.32 bits per heavy atom. The first-order valence-corrected chi connectivity index (χ1v) is 10.4. The lowest BCUT2D eigenvalue weighted by atomic mass is 9.88. The van der Waals surface area contributed by atoms with Crippen molar-refractivity contribution in [2.24, 2.45) is 0 Å². The molecule has 0 spiro atoms. The summed E-state index contributed by atoms with van der Waals surface area (Å²) in [6.45, 7) is 4.93. The fraction of sp³-hybridized carbons (Fsp3) is 0.471. The van der Waals surface area contributed by atoms with E-state index in [1.54, 1.807) is 20.8 Å². The molecule has 1 aliphatic rings. The Labute approximate surface area is 151 Å². The number of rotatable bonds is 4. The number of fused-ring (bicyclic) bond motifs is 1. The van der Waals surface area contributed by atoms with Crippen LogP contribution in [0.25, 0.3) is 10.1 Å². The molecule has 1 aromatic heterocycles. The van der Waals surface area contributed by atoms with Crippen LogP contribution in [0.3, 0.4) is 0 Å². The van der Waals surface area contributed by atoms with Gasteiger partial charge in [0.1, 0.15) is 11.2 Å². The van der Waals surface area contributed by atoms with Crippen LogP contribution < -0.4 is 0 Å². The number of nitrogens with zero attached hydrogens (tertiary/aromatic N) is 1. The Morgan fingerprint density at radius 3 is 2.60 bits per heavy atom. The summed E-state index contributed by atoms with van der Waals surface area (Å²) in [7, 11) is -3.81. The summed E-state index contributed by atoms with van der Waals surface area (Å²) in [6.07, 6.45) is 0. The van der Waals surface area contributed by atoms with Gasteiger partial charge in [-0.3, -0.25) is 4.79 Å². The molecule has 3 rings (SSSR count). The summed E-state index contributed by atoms with van der Waals surface area (Å²) in [5.74, 6) is -1.51. The van der Waals surface area contributed by atoms with Crippen molar-refractivity contribution in [1.82, 2.24) is 4.31 Å². The zero-order valence-electron chi connectivity index (χ0n) is 14.4. The van der Waals surface area contributed by atoms with Crippen LogP contribution in [0.4, 0.5) is 0 Å². The van der Waals surface area contributed by atoms with E-state index in [9.17, 15) is 18.3 Å². The van der Waals surface area contributed by atoms with Crippen LogP contribution in [0.15, 0.2) is 29.6 Å². The zero-order chi connectivity index (χ0) is 18.5. The van der Waals surface area contributed by atoms with E-state index in [-0.39, 0.29) is 13.1 Å². The summed E-state index contributed by atoms with van der Waals surface area (Å²) < 4.78 is 31.9. The molecule has 1 fully saturated rings. The van der Waals surface area contributed by atoms with Crippen LogP contribution in [-0.2, 0) is 25.2 Å². The number of β-amino-alcohol motifs (C(OH)–C–C–N with tert-alkyl or cyclic N) is 1. The molecule has 1 aliphatic heterocycles. The van der Waals surface area contributed by atoms with Gasteiger partial charge < -0.3 is 9.84 Å². The van der Waals surface area contributed by atoms with Gasteiger partial charge in [0.15, 0.2) is 5.75 Å². The summed E-state index contributed by atoms with van der Waals surface area (Å²) in [6, 6.07) is 7.68. The smallest absolute Gasteiger partial charge is 0.323 e. The molecule has 0 radical (unpaired) electrons. The highest BCUT2D eigenvalue weighted by Crippen LogP contribution is 2.40. The van der Waals surface area contributed by atoms with Crippen molar-refractivity contribution < 1.29 is 23.1 Å². The second-order valence-electron chi connectivity index (χ2n) is 7.29. The molecule has 1 saturated heterocycles. The Bertz CT molecular complexity index is 905. The lowest BCUT2D eigenvalue weighted by Gasteiger charge is -2.45. The molecule has 136 valence electrons. The van der Waals surface area contributed by atoms with Crippen molar-refractivity contribution in [3.05, 3.63) is 35.2 Å². The van der Waals surface area contributed by atoms with Gasteiger partial charge in [0.05, 0.1) is 0 Å². The second-order valence-corrected chi connectivity index (χ2v) is 10.2.